The Morgan fingerprint density at radius 2 is 2.00 bits per heavy atom. The van der Waals surface area contributed by atoms with Gasteiger partial charge in [0, 0.05) is 55.4 Å². The molecule has 7 nitrogen and oxygen atoms in total. The molecule has 164 valence electrons. The van der Waals surface area contributed by atoms with Gasteiger partial charge in [-0.05, 0) is 25.0 Å². The van der Waals surface area contributed by atoms with Crippen molar-refractivity contribution in [2.24, 2.45) is 4.99 Å². The van der Waals surface area contributed by atoms with Crippen molar-refractivity contribution in [3.63, 3.8) is 0 Å². The molecule has 1 unspecified atom stereocenters. The SMILES string of the molecule is CN(C)C(=O)Oc1c(C(NC2=CCCC=N2)c2cncc(Cl)c2Cl)ccc2cccnc12. The number of pyridine rings is 2. The van der Waals surface area contributed by atoms with Gasteiger partial charge in [-0.15, -0.1) is 0 Å². The monoisotopic (exact) mass is 469 g/mol. The molecule has 3 aromatic rings. The molecule has 0 radical (unpaired) electrons. The molecule has 0 spiro atoms. The molecule has 2 aromatic heterocycles. The molecule has 1 aliphatic heterocycles. The number of allylic oxidation sites excluding steroid dienone is 1. The van der Waals surface area contributed by atoms with E-state index < -0.39 is 12.1 Å². The van der Waals surface area contributed by atoms with Crippen molar-refractivity contribution in [2.75, 3.05) is 14.1 Å². The standard InChI is InChI=1S/C23H21Cl2N5O2/c1-30(2)23(31)32-22-15(9-8-14-6-5-11-28-20(14)22)21(29-18-7-3-4-10-27-18)16-12-26-13-17(24)19(16)25/h5-13,21,29H,3-4H2,1-2H3. The molecule has 9 heteroatoms. The summed E-state index contributed by atoms with van der Waals surface area (Å²) in [6.45, 7) is 0. The van der Waals surface area contributed by atoms with Crippen LogP contribution in [0.15, 0.2) is 59.7 Å². The van der Waals surface area contributed by atoms with E-state index in [0.29, 0.717) is 38.3 Å². The number of rotatable bonds is 5. The van der Waals surface area contributed by atoms with E-state index in [1.54, 1.807) is 26.5 Å². The van der Waals surface area contributed by atoms with Crippen LogP contribution in [0.25, 0.3) is 10.9 Å². The van der Waals surface area contributed by atoms with E-state index in [4.69, 9.17) is 27.9 Å². The average molecular weight is 470 g/mol. The molecule has 3 heterocycles. The average Bonchev–Trinajstić information content (AvgIpc) is 2.80. The van der Waals surface area contributed by atoms with Gasteiger partial charge < -0.3 is 15.0 Å². The van der Waals surface area contributed by atoms with Crippen molar-refractivity contribution in [1.29, 1.82) is 0 Å². The van der Waals surface area contributed by atoms with E-state index >= 15 is 0 Å². The van der Waals surface area contributed by atoms with Gasteiger partial charge in [0.1, 0.15) is 11.3 Å². The summed E-state index contributed by atoms with van der Waals surface area (Å²) >= 11 is 12.9. The number of nitrogens with one attached hydrogen (secondary N) is 1. The first-order valence-electron chi connectivity index (χ1n) is 10.0. The minimum atomic E-state index is -0.549. The highest BCUT2D eigenvalue weighted by Gasteiger charge is 2.26. The smallest absolute Gasteiger partial charge is 0.407 e. The zero-order valence-electron chi connectivity index (χ0n) is 17.5. The number of carbonyl (C=O) groups is 1. The quantitative estimate of drug-likeness (QED) is 0.542. The van der Waals surface area contributed by atoms with Gasteiger partial charge in [0.25, 0.3) is 0 Å². The number of amides is 1. The number of halogens is 2. The first-order valence-corrected chi connectivity index (χ1v) is 10.8. The van der Waals surface area contributed by atoms with E-state index in [9.17, 15) is 4.79 Å². The highest BCUT2D eigenvalue weighted by atomic mass is 35.5. The fourth-order valence-electron chi connectivity index (χ4n) is 3.36. The lowest BCUT2D eigenvalue weighted by molar-refractivity contribution is 0.172. The summed E-state index contributed by atoms with van der Waals surface area (Å²) in [5.41, 5.74) is 1.83. The summed E-state index contributed by atoms with van der Waals surface area (Å²) in [7, 11) is 3.24. The summed E-state index contributed by atoms with van der Waals surface area (Å²) in [4.78, 5) is 27.0. The fraction of sp³-hybridized carbons (Fsp3) is 0.217. The van der Waals surface area contributed by atoms with Crippen molar-refractivity contribution in [3.05, 3.63) is 75.9 Å². The first kappa shape index (κ1) is 22.0. The minimum absolute atomic E-state index is 0.322. The van der Waals surface area contributed by atoms with Crippen molar-refractivity contribution in [1.82, 2.24) is 20.2 Å². The van der Waals surface area contributed by atoms with Gasteiger partial charge >= 0.3 is 6.09 Å². The van der Waals surface area contributed by atoms with Crippen LogP contribution in [-0.4, -0.2) is 41.3 Å². The summed E-state index contributed by atoms with van der Waals surface area (Å²) < 4.78 is 5.81. The topological polar surface area (TPSA) is 79.7 Å². The van der Waals surface area contributed by atoms with E-state index in [0.717, 1.165) is 18.2 Å². The summed E-state index contributed by atoms with van der Waals surface area (Å²) in [5.74, 6) is 1.01. The second kappa shape index (κ2) is 9.54. The van der Waals surface area contributed by atoms with Crippen LogP contribution in [0.2, 0.25) is 10.0 Å². The van der Waals surface area contributed by atoms with Crippen molar-refractivity contribution >= 4 is 46.4 Å². The number of hydrogen-bond acceptors (Lipinski definition) is 6. The second-order valence-electron chi connectivity index (χ2n) is 7.40. The lowest BCUT2D eigenvalue weighted by atomic mass is 9.97. The second-order valence-corrected chi connectivity index (χ2v) is 8.19. The Labute approximate surface area is 195 Å². The van der Waals surface area contributed by atoms with Gasteiger partial charge in [0.05, 0.1) is 16.1 Å². The number of carbonyl (C=O) groups excluding carboxylic acids is 1. The number of ether oxygens (including phenoxy) is 1. The minimum Gasteiger partial charge on any atom is -0.407 e. The van der Waals surface area contributed by atoms with Crippen LogP contribution in [0, 0.1) is 0 Å². The Kier molecular flexibility index (Phi) is 6.58. The molecule has 1 N–H and O–H groups in total. The summed E-state index contributed by atoms with van der Waals surface area (Å²) in [6.07, 6.45) is 9.85. The zero-order chi connectivity index (χ0) is 22.7. The van der Waals surface area contributed by atoms with Crippen LogP contribution in [-0.2, 0) is 0 Å². The molecular formula is C23H21Cl2N5O2. The molecule has 0 fully saturated rings. The predicted molar refractivity (Wildman–Crippen MR) is 126 cm³/mol. The Morgan fingerprint density at radius 3 is 2.75 bits per heavy atom. The van der Waals surface area contributed by atoms with Crippen molar-refractivity contribution in [2.45, 2.75) is 18.9 Å². The molecule has 32 heavy (non-hydrogen) atoms. The highest BCUT2D eigenvalue weighted by molar-refractivity contribution is 6.42. The number of hydrogen-bond donors (Lipinski definition) is 1. The largest absolute Gasteiger partial charge is 0.414 e. The van der Waals surface area contributed by atoms with Crippen LogP contribution in [0.3, 0.4) is 0 Å². The normalized spacial score (nSPS) is 14.1. The summed E-state index contributed by atoms with van der Waals surface area (Å²) in [5, 5.41) is 4.92. The molecule has 1 aliphatic rings. The van der Waals surface area contributed by atoms with E-state index in [1.165, 1.54) is 11.1 Å². The van der Waals surface area contributed by atoms with Gasteiger partial charge in [0.2, 0.25) is 0 Å². The lowest BCUT2D eigenvalue weighted by Gasteiger charge is -2.25. The Balaban J connectivity index is 1.92. The van der Waals surface area contributed by atoms with Gasteiger partial charge in [-0.2, -0.15) is 0 Å². The Bertz CT molecular complexity index is 1230. The van der Waals surface area contributed by atoms with Crippen LogP contribution in [0.4, 0.5) is 4.79 Å². The molecule has 0 saturated heterocycles. The Hall–Kier alpha value is -3.16. The number of aromatic nitrogens is 2. The molecule has 0 aliphatic carbocycles. The maximum atomic E-state index is 12.5. The lowest BCUT2D eigenvalue weighted by Crippen LogP contribution is -2.28. The van der Waals surface area contributed by atoms with Crippen LogP contribution >= 0.6 is 23.2 Å². The van der Waals surface area contributed by atoms with Crippen molar-refractivity contribution < 1.29 is 9.53 Å². The number of benzene rings is 1. The molecule has 1 aromatic carbocycles. The van der Waals surface area contributed by atoms with Crippen LogP contribution in [0.5, 0.6) is 5.75 Å². The third-order valence-electron chi connectivity index (χ3n) is 4.96. The van der Waals surface area contributed by atoms with Crippen LogP contribution < -0.4 is 10.1 Å². The van der Waals surface area contributed by atoms with Gasteiger partial charge in [-0.1, -0.05) is 41.4 Å². The van der Waals surface area contributed by atoms with Crippen LogP contribution in [0.1, 0.15) is 30.0 Å². The molecule has 1 amide bonds. The maximum absolute atomic E-state index is 12.5. The number of fused-ring (bicyclic) bond motifs is 1. The highest BCUT2D eigenvalue weighted by Crippen LogP contribution is 2.39. The fourth-order valence-corrected chi connectivity index (χ4v) is 3.73. The maximum Gasteiger partial charge on any atom is 0.414 e. The predicted octanol–water partition coefficient (Wildman–Crippen LogP) is 5.38. The van der Waals surface area contributed by atoms with E-state index in [-0.39, 0.29) is 0 Å². The Morgan fingerprint density at radius 1 is 1.16 bits per heavy atom. The molecule has 1 atom stereocenters. The first-order chi connectivity index (χ1) is 15.5. The third kappa shape index (κ3) is 4.54. The molecular weight excluding hydrogens is 449 g/mol. The van der Waals surface area contributed by atoms with Gasteiger partial charge in [-0.3, -0.25) is 9.97 Å². The summed E-state index contributed by atoms with van der Waals surface area (Å²) in [6, 6.07) is 6.98. The molecule has 4 rings (SSSR count). The van der Waals surface area contributed by atoms with E-state index in [1.807, 2.05) is 36.6 Å². The van der Waals surface area contributed by atoms with Gasteiger partial charge in [-0.25, -0.2) is 9.79 Å². The van der Waals surface area contributed by atoms with Crippen molar-refractivity contribution in [3.8, 4) is 5.75 Å². The zero-order valence-corrected chi connectivity index (χ0v) is 19.1. The van der Waals surface area contributed by atoms with Gasteiger partial charge in [0.15, 0.2) is 5.75 Å². The molecule has 0 bridgehead atoms. The number of aliphatic imine (C=N–C) groups is 1. The number of nitrogens with zero attached hydrogens (tertiary/aromatic N) is 4. The third-order valence-corrected chi connectivity index (χ3v) is 5.76. The van der Waals surface area contributed by atoms with E-state index in [2.05, 4.69) is 20.3 Å². The molecule has 0 saturated carbocycles.